The number of ether oxygens (including phenoxy) is 1. The largest absolute Gasteiger partial charge is 0.468 e. The highest BCUT2D eigenvalue weighted by Crippen LogP contribution is 2.12. The molecule has 0 saturated carbocycles. The second kappa shape index (κ2) is 4.20. The summed E-state index contributed by atoms with van der Waals surface area (Å²) in [7, 11) is 1.28. The molecule has 0 aromatic carbocycles. The van der Waals surface area contributed by atoms with Crippen LogP contribution >= 0.6 is 11.6 Å². The Kier molecular flexibility index (Phi) is 3.22. The smallest absolute Gasteiger partial charge is 0.327 e. The van der Waals surface area contributed by atoms with Crippen molar-refractivity contribution in [3.05, 3.63) is 29.0 Å². The first-order chi connectivity index (χ1) is 6.15. The highest BCUT2D eigenvalue weighted by atomic mass is 35.5. The summed E-state index contributed by atoms with van der Waals surface area (Å²) in [6, 6.07) is 2.41. The Bertz CT molecular complexity index is 300. The lowest BCUT2D eigenvalue weighted by atomic mass is 10.1. The first-order valence-corrected chi connectivity index (χ1v) is 3.98. The van der Waals surface area contributed by atoms with Gasteiger partial charge < -0.3 is 10.5 Å². The standard InChI is InChI=1S/C8H9ClN2O2/c1-13-8(12)7(10)5-2-3-6(9)11-4-5/h2-4,7H,10H2,1H3/t7-/m0/s1. The lowest BCUT2D eigenvalue weighted by Gasteiger charge is -2.08. The fourth-order valence-electron chi connectivity index (χ4n) is 0.834. The van der Waals surface area contributed by atoms with Crippen molar-refractivity contribution in [1.82, 2.24) is 4.98 Å². The zero-order valence-electron chi connectivity index (χ0n) is 7.03. The van der Waals surface area contributed by atoms with Crippen LogP contribution in [0.25, 0.3) is 0 Å². The van der Waals surface area contributed by atoms with Gasteiger partial charge in [-0.15, -0.1) is 0 Å². The summed E-state index contributed by atoms with van der Waals surface area (Å²) in [4.78, 5) is 14.8. The van der Waals surface area contributed by atoms with Crippen LogP contribution in [-0.4, -0.2) is 18.1 Å². The molecule has 5 heteroatoms. The molecule has 2 N–H and O–H groups in total. The van der Waals surface area contributed by atoms with Gasteiger partial charge in [-0.1, -0.05) is 17.7 Å². The maximum Gasteiger partial charge on any atom is 0.327 e. The summed E-state index contributed by atoms with van der Waals surface area (Å²) < 4.78 is 4.47. The van der Waals surface area contributed by atoms with E-state index in [0.29, 0.717) is 10.7 Å². The molecular formula is C8H9ClN2O2. The van der Waals surface area contributed by atoms with Crippen molar-refractivity contribution in [2.75, 3.05) is 7.11 Å². The van der Waals surface area contributed by atoms with Crippen molar-refractivity contribution in [2.45, 2.75) is 6.04 Å². The molecule has 1 heterocycles. The van der Waals surface area contributed by atoms with E-state index in [2.05, 4.69) is 9.72 Å². The molecule has 0 amide bonds. The van der Waals surface area contributed by atoms with Gasteiger partial charge in [0.15, 0.2) is 0 Å². The second-order valence-electron chi connectivity index (χ2n) is 2.42. The number of nitrogens with two attached hydrogens (primary N) is 1. The van der Waals surface area contributed by atoms with E-state index in [9.17, 15) is 4.79 Å². The number of carbonyl (C=O) groups is 1. The zero-order valence-corrected chi connectivity index (χ0v) is 7.78. The van der Waals surface area contributed by atoms with Crippen LogP contribution in [0, 0.1) is 0 Å². The number of rotatable bonds is 2. The third-order valence-electron chi connectivity index (χ3n) is 1.56. The quantitative estimate of drug-likeness (QED) is 0.569. The highest BCUT2D eigenvalue weighted by Gasteiger charge is 2.15. The van der Waals surface area contributed by atoms with E-state index >= 15 is 0 Å². The fourth-order valence-corrected chi connectivity index (χ4v) is 0.946. The molecule has 0 unspecified atom stereocenters. The minimum Gasteiger partial charge on any atom is -0.468 e. The van der Waals surface area contributed by atoms with Crippen LogP contribution in [0.1, 0.15) is 11.6 Å². The van der Waals surface area contributed by atoms with Crippen molar-refractivity contribution in [1.29, 1.82) is 0 Å². The molecule has 1 aromatic rings. The minimum atomic E-state index is -0.797. The Morgan fingerprint density at radius 1 is 1.69 bits per heavy atom. The lowest BCUT2D eigenvalue weighted by molar-refractivity contribution is -0.142. The van der Waals surface area contributed by atoms with Gasteiger partial charge in [-0.25, -0.2) is 4.98 Å². The number of hydrogen-bond donors (Lipinski definition) is 1. The molecule has 1 rings (SSSR count). The average molecular weight is 201 g/mol. The number of nitrogens with zero attached hydrogens (tertiary/aromatic N) is 1. The van der Waals surface area contributed by atoms with E-state index in [-0.39, 0.29) is 0 Å². The van der Waals surface area contributed by atoms with Gasteiger partial charge in [-0.2, -0.15) is 0 Å². The molecule has 0 aliphatic rings. The molecule has 0 fully saturated rings. The van der Waals surface area contributed by atoms with E-state index in [0.717, 1.165) is 0 Å². The molecule has 1 atom stereocenters. The van der Waals surface area contributed by atoms with E-state index in [1.165, 1.54) is 13.3 Å². The summed E-state index contributed by atoms with van der Waals surface area (Å²) in [5, 5.41) is 0.362. The van der Waals surface area contributed by atoms with Crippen LogP contribution in [0.3, 0.4) is 0 Å². The molecule has 0 spiro atoms. The Labute approximate surface area is 80.7 Å². The molecule has 70 valence electrons. The van der Waals surface area contributed by atoms with Crippen LogP contribution in [0.15, 0.2) is 18.3 Å². The SMILES string of the molecule is COC(=O)[C@@H](N)c1ccc(Cl)nc1. The monoisotopic (exact) mass is 200 g/mol. The molecule has 13 heavy (non-hydrogen) atoms. The van der Waals surface area contributed by atoms with Gasteiger partial charge >= 0.3 is 5.97 Å². The van der Waals surface area contributed by atoms with Crippen LogP contribution in [0.5, 0.6) is 0 Å². The van der Waals surface area contributed by atoms with Gasteiger partial charge in [-0.05, 0) is 11.6 Å². The Morgan fingerprint density at radius 3 is 2.85 bits per heavy atom. The van der Waals surface area contributed by atoms with Gasteiger partial charge in [0.1, 0.15) is 11.2 Å². The Morgan fingerprint density at radius 2 is 2.38 bits per heavy atom. The topological polar surface area (TPSA) is 65.2 Å². The fraction of sp³-hybridized carbons (Fsp3) is 0.250. The summed E-state index contributed by atoms with van der Waals surface area (Å²) in [5.74, 6) is -0.496. The number of esters is 1. The predicted octanol–water partition coefficient (Wildman–Crippen LogP) is 0.908. The maximum atomic E-state index is 11.0. The number of hydrogen-bond acceptors (Lipinski definition) is 4. The molecule has 0 bridgehead atoms. The normalized spacial score (nSPS) is 12.2. The number of methoxy groups -OCH3 is 1. The summed E-state index contributed by atoms with van der Waals surface area (Å²) in [6.45, 7) is 0. The first-order valence-electron chi connectivity index (χ1n) is 3.60. The van der Waals surface area contributed by atoms with Crippen molar-refractivity contribution < 1.29 is 9.53 Å². The number of pyridine rings is 1. The average Bonchev–Trinajstić information content (AvgIpc) is 2.17. The third-order valence-corrected chi connectivity index (χ3v) is 1.79. The first kappa shape index (κ1) is 9.95. The van der Waals surface area contributed by atoms with E-state index < -0.39 is 12.0 Å². The predicted molar refractivity (Wildman–Crippen MR) is 48.2 cm³/mol. The Balaban J connectivity index is 2.83. The van der Waals surface area contributed by atoms with Crippen molar-refractivity contribution in [2.24, 2.45) is 5.73 Å². The zero-order chi connectivity index (χ0) is 9.84. The summed E-state index contributed by atoms with van der Waals surface area (Å²) >= 11 is 5.56. The highest BCUT2D eigenvalue weighted by molar-refractivity contribution is 6.29. The van der Waals surface area contributed by atoms with Crippen LogP contribution in [-0.2, 0) is 9.53 Å². The number of carbonyl (C=O) groups excluding carboxylic acids is 1. The van der Waals surface area contributed by atoms with Crippen LogP contribution in [0.2, 0.25) is 5.15 Å². The number of halogens is 1. The maximum absolute atomic E-state index is 11.0. The second-order valence-corrected chi connectivity index (χ2v) is 2.80. The molecule has 0 aliphatic heterocycles. The van der Waals surface area contributed by atoms with Gasteiger partial charge in [0.2, 0.25) is 0 Å². The Hall–Kier alpha value is -1.13. The van der Waals surface area contributed by atoms with Gasteiger partial charge in [-0.3, -0.25) is 4.79 Å². The summed E-state index contributed by atoms with van der Waals surface area (Å²) in [6.07, 6.45) is 1.45. The van der Waals surface area contributed by atoms with Crippen molar-refractivity contribution >= 4 is 17.6 Å². The molecule has 0 radical (unpaired) electrons. The summed E-state index contributed by atoms with van der Waals surface area (Å²) in [5.41, 5.74) is 6.12. The van der Waals surface area contributed by atoms with Gasteiger partial charge in [0.25, 0.3) is 0 Å². The minimum absolute atomic E-state index is 0.362. The third kappa shape index (κ3) is 2.40. The molecule has 0 saturated heterocycles. The van der Waals surface area contributed by atoms with Crippen LogP contribution < -0.4 is 5.73 Å². The van der Waals surface area contributed by atoms with Crippen molar-refractivity contribution in [3.63, 3.8) is 0 Å². The van der Waals surface area contributed by atoms with Gasteiger partial charge in [0.05, 0.1) is 7.11 Å². The van der Waals surface area contributed by atoms with Gasteiger partial charge in [0, 0.05) is 6.20 Å². The van der Waals surface area contributed by atoms with Crippen LogP contribution in [0.4, 0.5) is 0 Å². The number of aromatic nitrogens is 1. The molecular weight excluding hydrogens is 192 g/mol. The molecule has 1 aromatic heterocycles. The molecule has 0 aliphatic carbocycles. The van der Waals surface area contributed by atoms with E-state index in [1.54, 1.807) is 12.1 Å². The van der Waals surface area contributed by atoms with E-state index in [1.807, 2.05) is 0 Å². The lowest BCUT2D eigenvalue weighted by Crippen LogP contribution is -2.22. The van der Waals surface area contributed by atoms with E-state index in [4.69, 9.17) is 17.3 Å². The molecule has 4 nitrogen and oxygen atoms in total. The van der Waals surface area contributed by atoms with Crippen molar-refractivity contribution in [3.8, 4) is 0 Å².